The van der Waals surface area contributed by atoms with Crippen LogP contribution in [0.2, 0.25) is 0 Å². The average molecular weight is 483 g/mol. The Bertz CT molecular complexity index is 1530. The average Bonchev–Trinajstić information content (AvgIpc) is 3.31. The molecule has 5 aromatic rings. The Labute approximate surface area is 205 Å². The summed E-state index contributed by atoms with van der Waals surface area (Å²) in [6, 6.07) is 23.8. The van der Waals surface area contributed by atoms with E-state index in [1.165, 1.54) is 11.8 Å². The molecule has 0 aliphatic carbocycles. The second-order valence-electron chi connectivity index (χ2n) is 8.06. The van der Waals surface area contributed by atoms with Crippen LogP contribution in [0, 0.1) is 6.92 Å². The van der Waals surface area contributed by atoms with Crippen molar-refractivity contribution in [1.82, 2.24) is 24.9 Å². The number of carbonyl (C=O) groups excluding carboxylic acids is 2. The smallest absolute Gasteiger partial charge is 0.244 e. The number of nitrogens with one attached hydrogen (secondary N) is 1. The van der Waals surface area contributed by atoms with Crippen molar-refractivity contribution in [3.63, 3.8) is 0 Å². The standard InChI is InChI=1S/C26H22N6O2S/c1-16-11-13-18(14-12-16)24-28-20-10-6-5-9-19(20)25-30-31-26(32(24)25)35-15-21(33)29-22(23(27)34)17-7-3-2-4-8-17/h2-14,22H,15H2,1H3,(H2,27,34)(H,29,33)/t22-/m1/s1. The van der Waals surface area contributed by atoms with Crippen LogP contribution in [-0.2, 0) is 9.59 Å². The molecule has 0 radical (unpaired) electrons. The second kappa shape index (κ2) is 9.55. The molecule has 0 unspecified atom stereocenters. The molecule has 174 valence electrons. The van der Waals surface area contributed by atoms with E-state index in [0.29, 0.717) is 22.2 Å². The minimum absolute atomic E-state index is 0.0254. The molecule has 3 aromatic carbocycles. The fourth-order valence-electron chi connectivity index (χ4n) is 3.85. The molecule has 1 atom stereocenters. The van der Waals surface area contributed by atoms with Crippen molar-refractivity contribution in [2.24, 2.45) is 5.73 Å². The van der Waals surface area contributed by atoms with Gasteiger partial charge in [0.05, 0.1) is 11.3 Å². The summed E-state index contributed by atoms with van der Waals surface area (Å²) in [5.41, 5.74) is 9.69. The number of amides is 2. The summed E-state index contributed by atoms with van der Waals surface area (Å²) in [6.07, 6.45) is 0. The molecule has 2 heterocycles. The van der Waals surface area contributed by atoms with Crippen LogP contribution in [0.5, 0.6) is 0 Å². The molecular weight excluding hydrogens is 460 g/mol. The third-order valence-electron chi connectivity index (χ3n) is 5.58. The van der Waals surface area contributed by atoms with Gasteiger partial charge in [0.2, 0.25) is 11.8 Å². The molecule has 9 heteroatoms. The van der Waals surface area contributed by atoms with Gasteiger partial charge in [-0.2, -0.15) is 0 Å². The van der Waals surface area contributed by atoms with Gasteiger partial charge in [-0.05, 0) is 24.6 Å². The number of hydrogen-bond acceptors (Lipinski definition) is 6. The number of nitrogens with two attached hydrogens (primary N) is 1. The SMILES string of the molecule is Cc1ccc(-c2nc3ccccc3c3nnc(SCC(=O)N[C@@H](C(N)=O)c4ccccc4)n23)cc1. The Kier molecular flexibility index (Phi) is 6.15. The van der Waals surface area contributed by atoms with Crippen molar-refractivity contribution in [2.45, 2.75) is 18.1 Å². The maximum absolute atomic E-state index is 12.8. The van der Waals surface area contributed by atoms with Crippen molar-refractivity contribution < 1.29 is 9.59 Å². The van der Waals surface area contributed by atoms with Gasteiger partial charge in [0.1, 0.15) is 11.9 Å². The fourth-order valence-corrected chi connectivity index (χ4v) is 4.59. The molecule has 0 fully saturated rings. The van der Waals surface area contributed by atoms with Crippen LogP contribution in [0.1, 0.15) is 17.2 Å². The van der Waals surface area contributed by atoms with E-state index in [0.717, 1.165) is 22.0 Å². The maximum atomic E-state index is 12.8. The molecular formula is C26H22N6O2S. The number of hydrogen-bond donors (Lipinski definition) is 2. The van der Waals surface area contributed by atoms with Gasteiger partial charge in [-0.15, -0.1) is 10.2 Å². The van der Waals surface area contributed by atoms with E-state index in [1.807, 2.05) is 65.9 Å². The van der Waals surface area contributed by atoms with Crippen LogP contribution in [0.3, 0.4) is 0 Å². The number of para-hydroxylation sites is 1. The summed E-state index contributed by atoms with van der Waals surface area (Å²) in [4.78, 5) is 29.6. The largest absolute Gasteiger partial charge is 0.368 e. The van der Waals surface area contributed by atoms with Crippen LogP contribution in [0.15, 0.2) is 84.0 Å². The number of thioether (sulfide) groups is 1. The quantitative estimate of drug-likeness (QED) is 0.342. The van der Waals surface area contributed by atoms with Gasteiger partial charge in [0, 0.05) is 10.9 Å². The molecule has 3 N–H and O–H groups in total. The number of carbonyl (C=O) groups is 2. The van der Waals surface area contributed by atoms with Crippen molar-refractivity contribution in [3.8, 4) is 11.4 Å². The number of primary amides is 1. The van der Waals surface area contributed by atoms with Gasteiger partial charge in [0.15, 0.2) is 10.8 Å². The summed E-state index contributed by atoms with van der Waals surface area (Å²) in [6.45, 7) is 2.03. The van der Waals surface area contributed by atoms with Crippen LogP contribution in [-0.4, -0.2) is 37.1 Å². The first-order chi connectivity index (χ1) is 17.0. The Morgan fingerprint density at radius 2 is 1.69 bits per heavy atom. The molecule has 2 aromatic heterocycles. The third kappa shape index (κ3) is 4.58. The van der Waals surface area contributed by atoms with E-state index < -0.39 is 11.9 Å². The van der Waals surface area contributed by atoms with Crippen molar-refractivity contribution in [2.75, 3.05) is 5.75 Å². The molecule has 0 aliphatic heterocycles. The highest BCUT2D eigenvalue weighted by atomic mass is 32.2. The number of fused-ring (bicyclic) bond motifs is 3. The topological polar surface area (TPSA) is 115 Å². The summed E-state index contributed by atoms with van der Waals surface area (Å²) in [5.74, 6) is -0.256. The molecule has 0 bridgehead atoms. The molecule has 35 heavy (non-hydrogen) atoms. The van der Waals surface area contributed by atoms with Crippen molar-refractivity contribution in [3.05, 3.63) is 90.0 Å². The molecule has 0 saturated heterocycles. The predicted molar refractivity (Wildman–Crippen MR) is 136 cm³/mol. The molecule has 8 nitrogen and oxygen atoms in total. The van der Waals surface area contributed by atoms with Crippen LogP contribution in [0.25, 0.3) is 27.9 Å². The van der Waals surface area contributed by atoms with Crippen LogP contribution < -0.4 is 11.1 Å². The Morgan fingerprint density at radius 1 is 0.971 bits per heavy atom. The lowest BCUT2D eigenvalue weighted by Gasteiger charge is -2.15. The monoisotopic (exact) mass is 482 g/mol. The van der Waals surface area contributed by atoms with E-state index in [1.54, 1.807) is 24.3 Å². The minimum Gasteiger partial charge on any atom is -0.368 e. The third-order valence-corrected chi connectivity index (χ3v) is 6.51. The highest BCUT2D eigenvalue weighted by molar-refractivity contribution is 7.99. The zero-order chi connectivity index (χ0) is 24.4. The van der Waals surface area contributed by atoms with Gasteiger partial charge in [0.25, 0.3) is 0 Å². The van der Waals surface area contributed by atoms with Crippen molar-refractivity contribution >= 4 is 40.1 Å². The van der Waals surface area contributed by atoms with E-state index >= 15 is 0 Å². The number of rotatable bonds is 7. The zero-order valence-corrected chi connectivity index (χ0v) is 19.7. The number of aryl methyl sites for hydroxylation is 1. The van der Waals surface area contributed by atoms with E-state index in [2.05, 4.69) is 15.5 Å². The van der Waals surface area contributed by atoms with E-state index in [4.69, 9.17) is 10.7 Å². The molecule has 2 amide bonds. The van der Waals surface area contributed by atoms with Crippen LogP contribution in [0.4, 0.5) is 0 Å². The number of nitrogens with zero attached hydrogens (tertiary/aromatic N) is 4. The van der Waals surface area contributed by atoms with Gasteiger partial charge < -0.3 is 11.1 Å². The molecule has 0 saturated carbocycles. The van der Waals surface area contributed by atoms with E-state index in [9.17, 15) is 9.59 Å². The first kappa shape index (κ1) is 22.5. The van der Waals surface area contributed by atoms with Crippen LogP contribution >= 0.6 is 11.8 Å². The first-order valence-electron chi connectivity index (χ1n) is 11.0. The molecule has 0 aliphatic rings. The fraction of sp³-hybridized carbons (Fsp3) is 0.115. The Hall–Kier alpha value is -4.24. The van der Waals surface area contributed by atoms with E-state index in [-0.39, 0.29) is 11.7 Å². The number of benzene rings is 3. The molecule has 0 spiro atoms. The summed E-state index contributed by atoms with van der Waals surface area (Å²) in [5, 5.41) is 12.9. The van der Waals surface area contributed by atoms with Gasteiger partial charge in [-0.1, -0.05) is 84.1 Å². The normalized spacial score (nSPS) is 12.0. The summed E-state index contributed by atoms with van der Waals surface area (Å²) >= 11 is 1.22. The minimum atomic E-state index is -0.909. The van der Waals surface area contributed by atoms with Gasteiger partial charge in [-0.3, -0.25) is 14.0 Å². The van der Waals surface area contributed by atoms with Gasteiger partial charge in [-0.25, -0.2) is 4.98 Å². The summed E-state index contributed by atoms with van der Waals surface area (Å²) in [7, 11) is 0. The maximum Gasteiger partial charge on any atom is 0.244 e. The lowest BCUT2D eigenvalue weighted by molar-refractivity contribution is -0.126. The van der Waals surface area contributed by atoms with Gasteiger partial charge >= 0.3 is 0 Å². The zero-order valence-electron chi connectivity index (χ0n) is 18.9. The Morgan fingerprint density at radius 3 is 2.43 bits per heavy atom. The predicted octanol–water partition coefficient (Wildman–Crippen LogP) is 3.69. The van der Waals surface area contributed by atoms with Crippen molar-refractivity contribution in [1.29, 1.82) is 0 Å². The number of aromatic nitrogens is 4. The highest BCUT2D eigenvalue weighted by Gasteiger charge is 2.22. The lowest BCUT2D eigenvalue weighted by atomic mass is 10.1. The Balaban J connectivity index is 1.47. The second-order valence-corrected chi connectivity index (χ2v) is 9.00. The summed E-state index contributed by atoms with van der Waals surface area (Å²) < 4.78 is 1.87. The highest BCUT2D eigenvalue weighted by Crippen LogP contribution is 2.29. The lowest BCUT2D eigenvalue weighted by Crippen LogP contribution is -2.38. The molecule has 5 rings (SSSR count). The first-order valence-corrected chi connectivity index (χ1v) is 12.0.